The van der Waals surface area contributed by atoms with Crippen molar-refractivity contribution in [3.63, 3.8) is 0 Å². The summed E-state index contributed by atoms with van der Waals surface area (Å²) in [5.41, 5.74) is 1.56. The highest BCUT2D eigenvalue weighted by Crippen LogP contribution is 2.19. The molecule has 0 bridgehead atoms. The van der Waals surface area contributed by atoms with E-state index < -0.39 is 0 Å². The van der Waals surface area contributed by atoms with Gasteiger partial charge in [-0.3, -0.25) is 9.59 Å². The first-order valence-corrected chi connectivity index (χ1v) is 10.7. The normalized spacial score (nSPS) is 11.2. The van der Waals surface area contributed by atoms with Gasteiger partial charge in [-0.05, 0) is 55.5 Å². The monoisotopic (exact) mass is 440 g/mol. The van der Waals surface area contributed by atoms with Crippen molar-refractivity contribution in [1.29, 1.82) is 0 Å². The van der Waals surface area contributed by atoms with Crippen LogP contribution in [0.25, 0.3) is 6.08 Å². The largest absolute Gasteiger partial charge is 0.465 e. The van der Waals surface area contributed by atoms with E-state index in [2.05, 4.69) is 10.6 Å². The van der Waals surface area contributed by atoms with Crippen LogP contribution < -0.4 is 10.6 Å². The molecule has 0 atom stereocenters. The van der Waals surface area contributed by atoms with Gasteiger partial charge >= 0.3 is 0 Å². The highest BCUT2D eigenvalue weighted by Gasteiger charge is 2.15. The number of halogens is 1. The van der Waals surface area contributed by atoms with Crippen LogP contribution in [0, 0.1) is 6.92 Å². The minimum absolute atomic E-state index is 0.118. The maximum atomic E-state index is 12.7. The molecule has 0 saturated heterocycles. The van der Waals surface area contributed by atoms with E-state index in [1.807, 2.05) is 37.3 Å². The van der Waals surface area contributed by atoms with E-state index in [-0.39, 0.29) is 17.5 Å². The number of nitrogens with one attached hydrogen (secondary N) is 2. The van der Waals surface area contributed by atoms with Crippen LogP contribution in [0.4, 0.5) is 0 Å². The summed E-state index contributed by atoms with van der Waals surface area (Å²) in [6, 6.07) is 18.1. The third-order valence-electron chi connectivity index (χ3n) is 4.07. The molecule has 30 heavy (non-hydrogen) atoms. The second-order valence-electron chi connectivity index (χ2n) is 6.46. The number of carbonyl (C=O) groups excluding carboxylic acids is 2. The fourth-order valence-corrected chi connectivity index (χ4v) is 3.51. The van der Waals surface area contributed by atoms with E-state index in [1.54, 1.807) is 42.1 Å². The van der Waals surface area contributed by atoms with Gasteiger partial charge in [-0.2, -0.15) is 0 Å². The third kappa shape index (κ3) is 6.54. The van der Waals surface area contributed by atoms with Crippen LogP contribution in [0.2, 0.25) is 5.02 Å². The summed E-state index contributed by atoms with van der Waals surface area (Å²) in [5, 5.41) is 6.21. The Hall–Kier alpha value is -2.96. The molecule has 1 heterocycles. The molecular weight excluding hydrogens is 420 g/mol. The van der Waals surface area contributed by atoms with E-state index in [0.717, 1.165) is 10.5 Å². The Morgan fingerprint density at radius 2 is 1.90 bits per heavy atom. The Balaban J connectivity index is 1.62. The molecule has 0 aliphatic rings. The average Bonchev–Trinajstić information content (AvgIpc) is 3.25. The fourth-order valence-electron chi connectivity index (χ4n) is 2.61. The minimum Gasteiger partial charge on any atom is -0.465 e. The Kier molecular flexibility index (Phi) is 7.76. The lowest BCUT2D eigenvalue weighted by Crippen LogP contribution is -2.35. The molecule has 7 heteroatoms. The Morgan fingerprint density at radius 1 is 1.10 bits per heavy atom. The summed E-state index contributed by atoms with van der Waals surface area (Å²) in [6.07, 6.45) is 3.02. The summed E-state index contributed by atoms with van der Waals surface area (Å²) >= 11 is 7.49. The lowest BCUT2D eigenvalue weighted by atomic mass is 10.1. The minimum atomic E-state index is -0.385. The van der Waals surface area contributed by atoms with Crippen LogP contribution in [-0.4, -0.2) is 24.1 Å². The summed E-state index contributed by atoms with van der Waals surface area (Å²) in [6.45, 7) is 2.34. The summed E-state index contributed by atoms with van der Waals surface area (Å²) in [7, 11) is 0. The molecule has 0 fully saturated rings. The molecule has 0 unspecified atom stereocenters. The highest BCUT2D eigenvalue weighted by molar-refractivity contribution is 7.99. The van der Waals surface area contributed by atoms with E-state index in [4.69, 9.17) is 16.0 Å². The van der Waals surface area contributed by atoms with Crippen molar-refractivity contribution in [1.82, 2.24) is 10.6 Å². The van der Waals surface area contributed by atoms with Gasteiger partial charge in [0.2, 0.25) is 0 Å². The topological polar surface area (TPSA) is 71.3 Å². The number of rotatable bonds is 8. The zero-order valence-electron chi connectivity index (χ0n) is 16.4. The zero-order valence-corrected chi connectivity index (χ0v) is 17.9. The standard InChI is InChI=1S/C23H21ClN2O3S/c1-16-4-2-5-17(14-16)22(27)26-21(15-19-6-3-12-29-19)23(28)25-11-13-30-20-9-7-18(24)8-10-20/h2-10,12,14-15H,11,13H2,1H3,(H,25,28)(H,26,27)/b21-15-. The molecule has 0 aliphatic heterocycles. The molecule has 3 rings (SSSR count). The molecular formula is C23H21ClN2O3S. The van der Waals surface area contributed by atoms with E-state index in [9.17, 15) is 9.59 Å². The number of furan rings is 1. The van der Waals surface area contributed by atoms with Gasteiger partial charge in [0.1, 0.15) is 11.5 Å². The second-order valence-corrected chi connectivity index (χ2v) is 8.06. The molecule has 2 N–H and O–H groups in total. The molecule has 5 nitrogen and oxygen atoms in total. The van der Waals surface area contributed by atoms with E-state index in [0.29, 0.717) is 28.6 Å². The summed E-state index contributed by atoms with van der Waals surface area (Å²) in [5.74, 6) is 0.402. The lowest BCUT2D eigenvalue weighted by molar-refractivity contribution is -0.117. The second kappa shape index (κ2) is 10.7. The number of aryl methyl sites for hydroxylation is 1. The van der Waals surface area contributed by atoms with Crippen molar-refractivity contribution in [2.45, 2.75) is 11.8 Å². The Morgan fingerprint density at radius 3 is 2.60 bits per heavy atom. The predicted octanol–water partition coefficient (Wildman–Crippen LogP) is 4.92. The lowest BCUT2D eigenvalue weighted by Gasteiger charge is -2.11. The van der Waals surface area contributed by atoms with Crippen molar-refractivity contribution in [2.75, 3.05) is 12.3 Å². The summed E-state index contributed by atoms with van der Waals surface area (Å²) < 4.78 is 5.29. The van der Waals surface area contributed by atoms with Crippen molar-refractivity contribution >= 4 is 41.3 Å². The number of carbonyl (C=O) groups is 2. The number of amides is 2. The maximum absolute atomic E-state index is 12.7. The van der Waals surface area contributed by atoms with Crippen LogP contribution in [0.5, 0.6) is 0 Å². The molecule has 3 aromatic rings. The number of hydrogen-bond acceptors (Lipinski definition) is 4. The van der Waals surface area contributed by atoms with Crippen LogP contribution in [0.3, 0.4) is 0 Å². The van der Waals surface area contributed by atoms with Crippen molar-refractivity contribution < 1.29 is 14.0 Å². The van der Waals surface area contributed by atoms with Crippen LogP contribution >= 0.6 is 23.4 Å². The molecule has 0 spiro atoms. The van der Waals surface area contributed by atoms with Crippen molar-refractivity contribution in [3.8, 4) is 0 Å². The molecule has 0 saturated carbocycles. The van der Waals surface area contributed by atoms with E-state index in [1.165, 1.54) is 12.3 Å². The maximum Gasteiger partial charge on any atom is 0.267 e. The van der Waals surface area contributed by atoms with Gasteiger partial charge in [0.15, 0.2) is 0 Å². The average molecular weight is 441 g/mol. The van der Waals surface area contributed by atoms with Gasteiger partial charge in [-0.1, -0.05) is 29.3 Å². The Labute approximate surface area is 184 Å². The predicted molar refractivity (Wildman–Crippen MR) is 121 cm³/mol. The van der Waals surface area contributed by atoms with Gasteiger partial charge in [-0.25, -0.2) is 0 Å². The van der Waals surface area contributed by atoms with Gasteiger partial charge in [0.05, 0.1) is 6.26 Å². The molecule has 2 amide bonds. The molecule has 2 aromatic carbocycles. The summed E-state index contributed by atoms with van der Waals surface area (Å²) in [4.78, 5) is 26.4. The SMILES string of the molecule is Cc1cccc(C(=O)N/C(=C\c2ccco2)C(=O)NCCSc2ccc(Cl)cc2)c1. The van der Waals surface area contributed by atoms with Gasteiger partial charge in [-0.15, -0.1) is 11.8 Å². The molecule has 154 valence electrons. The van der Waals surface area contributed by atoms with Crippen molar-refractivity contribution in [2.24, 2.45) is 0 Å². The fraction of sp³-hybridized carbons (Fsp3) is 0.130. The number of hydrogen-bond donors (Lipinski definition) is 2. The first-order chi connectivity index (χ1) is 14.5. The first kappa shape index (κ1) is 21.7. The van der Waals surface area contributed by atoms with Crippen LogP contribution in [0.15, 0.2) is 81.9 Å². The van der Waals surface area contributed by atoms with Crippen LogP contribution in [0.1, 0.15) is 21.7 Å². The van der Waals surface area contributed by atoms with Crippen molar-refractivity contribution in [3.05, 3.63) is 94.5 Å². The molecule has 0 aliphatic carbocycles. The number of benzene rings is 2. The number of thioether (sulfide) groups is 1. The van der Waals surface area contributed by atoms with Gasteiger partial charge in [0.25, 0.3) is 11.8 Å². The Bertz CT molecular complexity index is 1030. The highest BCUT2D eigenvalue weighted by atomic mass is 35.5. The first-order valence-electron chi connectivity index (χ1n) is 9.31. The van der Waals surface area contributed by atoms with E-state index >= 15 is 0 Å². The van der Waals surface area contributed by atoms with Gasteiger partial charge in [0, 0.05) is 33.9 Å². The molecule has 0 radical (unpaired) electrons. The smallest absolute Gasteiger partial charge is 0.267 e. The molecule has 1 aromatic heterocycles. The third-order valence-corrected chi connectivity index (χ3v) is 5.34. The van der Waals surface area contributed by atoms with Crippen LogP contribution in [-0.2, 0) is 4.79 Å². The quantitative estimate of drug-likeness (QED) is 0.296. The van der Waals surface area contributed by atoms with Gasteiger partial charge < -0.3 is 15.1 Å². The zero-order chi connectivity index (χ0) is 21.3.